The van der Waals surface area contributed by atoms with Crippen molar-refractivity contribution in [2.45, 2.75) is 50.0 Å². The summed E-state index contributed by atoms with van der Waals surface area (Å²) in [5, 5.41) is 0. The lowest BCUT2D eigenvalue weighted by Crippen LogP contribution is -2.44. The molecule has 0 spiro atoms. The van der Waals surface area contributed by atoms with Gasteiger partial charge in [0, 0.05) is 32.5 Å². The van der Waals surface area contributed by atoms with Crippen LogP contribution in [0.1, 0.15) is 44.1 Å². The first-order valence-corrected chi connectivity index (χ1v) is 9.69. The predicted octanol–water partition coefficient (Wildman–Crippen LogP) is 2.11. The van der Waals surface area contributed by atoms with Gasteiger partial charge in [-0.05, 0) is 42.9 Å². The van der Waals surface area contributed by atoms with E-state index < -0.39 is 5.41 Å². The van der Waals surface area contributed by atoms with Gasteiger partial charge < -0.3 is 9.64 Å². The van der Waals surface area contributed by atoms with Gasteiger partial charge in [-0.1, -0.05) is 18.6 Å². The van der Waals surface area contributed by atoms with Gasteiger partial charge in [0.2, 0.25) is 17.7 Å². The molecule has 27 heavy (non-hydrogen) atoms. The van der Waals surface area contributed by atoms with Gasteiger partial charge in [0.15, 0.2) is 0 Å². The van der Waals surface area contributed by atoms with E-state index in [-0.39, 0.29) is 30.6 Å². The minimum absolute atomic E-state index is 0.00309. The molecule has 3 amide bonds. The van der Waals surface area contributed by atoms with Crippen LogP contribution in [0.2, 0.25) is 0 Å². The van der Waals surface area contributed by atoms with Crippen molar-refractivity contribution in [3.05, 3.63) is 29.8 Å². The lowest BCUT2D eigenvalue weighted by molar-refractivity contribution is -0.141. The maximum absolute atomic E-state index is 13.2. The number of nitrogens with zero attached hydrogens (tertiary/aromatic N) is 2. The molecule has 2 saturated heterocycles. The number of methoxy groups -OCH3 is 1. The van der Waals surface area contributed by atoms with Crippen molar-refractivity contribution in [2.24, 2.45) is 5.92 Å². The molecule has 6 heteroatoms. The Bertz CT molecular complexity index is 775. The van der Waals surface area contributed by atoms with Crippen LogP contribution in [0.3, 0.4) is 0 Å². The number of hydrogen-bond acceptors (Lipinski definition) is 4. The number of fused-ring (bicyclic) bond motifs is 2. The molecule has 3 fully saturated rings. The van der Waals surface area contributed by atoms with Gasteiger partial charge in [0.05, 0.1) is 12.5 Å². The molecular weight excluding hydrogens is 344 g/mol. The SMILES string of the molecule is COc1ccc([C@]2(CC(=O)N3C[C@@H]4CCC[C@H]3C4)CC(=O)N(C)C2=O)cc1. The zero-order valence-corrected chi connectivity index (χ0v) is 15.9. The third kappa shape index (κ3) is 2.91. The number of benzene rings is 1. The van der Waals surface area contributed by atoms with E-state index in [1.165, 1.54) is 24.8 Å². The summed E-state index contributed by atoms with van der Waals surface area (Å²) in [4.78, 5) is 41.8. The van der Waals surface area contributed by atoms with Gasteiger partial charge in [0.25, 0.3) is 0 Å². The number of ether oxygens (including phenoxy) is 1. The molecule has 0 N–H and O–H groups in total. The summed E-state index contributed by atoms with van der Waals surface area (Å²) in [5.41, 5.74) is -0.396. The molecule has 2 aliphatic heterocycles. The van der Waals surface area contributed by atoms with Crippen LogP contribution in [0.25, 0.3) is 0 Å². The van der Waals surface area contributed by atoms with Gasteiger partial charge in [-0.15, -0.1) is 0 Å². The largest absolute Gasteiger partial charge is 0.497 e. The van der Waals surface area contributed by atoms with Crippen molar-refractivity contribution < 1.29 is 19.1 Å². The van der Waals surface area contributed by atoms with Crippen LogP contribution in [-0.4, -0.2) is 54.3 Å². The second-order valence-electron chi connectivity index (χ2n) is 8.15. The fourth-order valence-electron chi connectivity index (χ4n) is 5.07. The molecule has 3 atom stereocenters. The highest BCUT2D eigenvalue weighted by molar-refractivity contribution is 6.10. The average molecular weight is 370 g/mol. The van der Waals surface area contributed by atoms with Gasteiger partial charge in [-0.25, -0.2) is 0 Å². The molecule has 144 valence electrons. The summed E-state index contributed by atoms with van der Waals surface area (Å²) in [7, 11) is 3.08. The summed E-state index contributed by atoms with van der Waals surface area (Å²) >= 11 is 0. The van der Waals surface area contributed by atoms with Crippen molar-refractivity contribution >= 4 is 17.7 Å². The summed E-state index contributed by atoms with van der Waals surface area (Å²) in [6, 6.07) is 7.47. The molecule has 2 heterocycles. The Hall–Kier alpha value is -2.37. The Morgan fingerprint density at radius 1 is 1.22 bits per heavy atom. The van der Waals surface area contributed by atoms with Crippen LogP contribution < -0.4 is 4.74 Å². The van der Waals surface area contributed by atoms with Crippen LogP contribution in [0.5, 0.6) is 5.75 Å². The summed E-state index contributed by atoms with van der Waals surface area (Å²) in [5.74, 6) is 0.751. The average Bonchev–Trinajstić information content (AvgIpc) is 3.10. The van der Waals surface area contributed by atoms with Crippen LogP contribution in [0.4, 0.5) is 0 Å². The van der Waals surface area contributed by atoms with E-state index in [9.17, 15) is 14.4 Å². The van der Waals surface area contributed by atoms with Gasteiger partial charge in [-0.2, -0.15) is 0 Å². The second kappa shape index (κ2) is 6.66. The van der Waals surface area contributed by atoms with Crippen LogP contribution >= 0.6 is 0 Å². The third-order valence-corrected chi connectivity index (χ3v) is 6.61. The van der Waals surface area contributed by atoms with E-state index in [1.54, 1.807) is 31.4 Å². The number of likely N-dealkylation sites (tertiary alicyclic amines) is 2. The van der Waals surface area contributed by atoms with E-state index in [1.807, 2.05) is 4.90 Å². The van der Waals surface area contributed by atoms with Crippen LogP contribution in [0, 0.1) is 5.92 Å². The smallest absolute Gasteiger partial charge is 0.240 e. The van der Waals surface area contributed by atoms with E-state index in [4.69, 9.17) is 4.74 Å². The number of amides is 3. The lowest BCUT2D eigenvalue weighted by Gasteiger charge is -2.31. The monoisotopic (exact) mass is 370 g/mol. The number of likely N-dealkylation sites (N-methyl/N-ethyl adjacent to an activating group) is 1. The summed E-state index contributed by atoms with van der Waals surface area (Å²) < 4.78 is 5.21. The molecule has 1 aromatic rings. The molecule has 1 saturated carbocycles. The molecule has 3 aliphatic rings. The molecule has 0 aromatic heterocycles. The quantitative estimate of drug-likeness (QED) is 0.762. The molecule has 1 aromatic carbocycles. The molecule has 0 unspecified atom stereocenters. The van der Waals surface area contributed by atoms with E-state index >= 15 is 0 Å². The highest BCUT2D eigenvalue weighted by atomic mass is 16.5. The second-order valence-corrected chi connectivity index (χ2v) is 8.15. The zero-order valence-electron chi connectivity index (χ0n) is 15.9. The Morgan fingerprint density at radius 3 is 2.56 bits per heavy atom. The minimum atomic E-state index is -1.11. The maximum Gasteiger partial charge on any atom is 0.240 e. The minimum Gasteiger partial charge on any atom is -0.497 e. The van der Waals surface area contributed by atoms with Crippen LogP contribution in [-0.2, 0) is 19.8 Å². The Balaban J connectivity index is 1.65. The molecule has 4 rings (SSSR count). The molecular formula is C21H26N2O4. The number of carbonyl (C=O) groups excluding carboxylic acids is 3. The summed E-state index contributed by atoms with van der Waals surface area (Å²) in [6.45, 7) is 0.792. The fourth-order valence-corrected chi connectivity index (χ4v) is 5.07. The Morgan fingerprint density at radius 2 is 1.96 bits per heavy atom. The number of imide groups is 1. The van der Waals surface area contributed by atoms with E-state index in [2.05, 4.69) is 0 Å². The number of hydrogen-bond donors (Lipinski definition) is 0. The van der Waals surface area contributed by atoms with E-state index in [0.29, 0.717) is 23.3 Å². The lowest BCUT2D eigenvalue weighted by atomic mass is 9.75. The van der Waals surface area contributed by atoms with Crippen molar-refractivity contribution in [3.63, 3.8) is 0 Å². The molecule has 2 bridgehead atoms. The van der Waals surface area contributed by atoms with Gasteiger partial charge in [-0.3, -0.25) is 19.3 Å². The molecule has 0 radical (unpaired) electrons. The number of rotatable bonds is 4. The summed E-state index contributed by atoms with van der Waals surface area (Å²) in [6.07, 6.45) is 4.57. The maximum atomic E-state index is 13.2. The zero-order chi connectivity index (χ0) is 19.2. The van der Waals surface area contributed by atoms with Crippen molar-refractivity contribution in [1.29, 1.82) is 0 Å². The standard InChI is InChI=1S/C21H26N2O4/c1-22-18(24)11-21(20(22)26,15-6-8-17(27-2)9-7-15)12-19(25)23-13-14-4-3-5-16(23)10-14/h6-9,14,16H,3-5,10-13H2,1-2H3/t14-,16+,21-/m1/s1. The molecule has 6 nitrogen and oxygen atoms in total. The first kappa shape index (κ1) is 18.0. The normalized spacial score (nSPS) is 30.1. The predicted molar refractivity (Wildman–Crippen MR) is 99.1 cm³/mol. The van der Waals surface area contributed by atoms with E-state index in [0.717, 1.165) is 19.4 Å². The Labute approximate surface area is 159 Å². The van der Waals surface area contributed by atoms with Gasteiger partial charge >= 0.3 is 0 Å². The highest BCUT2D eigenvalue weighted by Gasteiger charge is 2.53. The molecule has 1 aliphatic carbocycles. The number of carbonyl (C=O) groups is 3. The third-order valence-electron chi connectivity index (χ3n) is 6.61. The van der Waals surface area contributed by atoms with Gasteiger partial charge in [0.1, 0.15) is 5.75 Å². The highest BCUT2D eigenvalue weighted by Crippen LogP contribution is 2.42. The van der Waals surface area contributed by atoms with Crippen molar-refractivity contribution in [3.8, 4) is 5.75 Å². The first-order chi connectivity index (χ1) is 12.9. The topological polar surface area (TPSA) is 66.9 Å². The fraction of sp³-hybridized carbons (Fsp3) is 0.571. The first-order valence-electron chi connectivity index (χ1n) is 9.69. The van der Waals surface area contributed by atoms with Crippen molar-refractivity contribution in [2.75, 3.05) is 20.7 Å². The van der Waals surface area contributed by atoms with Crippen molar-refractivity contribution in [1.82, 2.24) is 9.80 Å². The van der Waals surface area contributed by atoms with Crippen LogP contribution in [0.15, 0.2) is 24.3 Å². The Kier molecular flexibility index (Phi) is 4.44.